The van der Waals surface area contributed by atoms with Crippen molar-refractivity contribution in [2.75, 3.05) is 0 Å². The number of hydrogen-bond donors (Lipinski definition) is 0. The van der Waals surface area contributed by atoms with E-state index in [1.54, 1.807) is 0 Å². The number of hydrogen-bond acceptors (Lipinski definition) is 4. The summed E-state index contributed by atoms with van der Waals surface area (Å²) < 4.78 is 9.05. The second-order valence-electron chi connectivity index (χ2n) is 19.6. The smallest absolute Gasteiger partial charge is 0.216 e. The second-order valence-corrected chi connectivity index (χ2v) is 24.7. The first-order valence-electron chi connectivity index (χ1n) is 23.6. The number of imidazole rings is 1. The first kappa shape index (κ1) is 46.6. The Labute approximate surface area is 414 Å². The summed E-state index contributed by atoms with van der Waals surface area (Å²) in [6.45, 7) is 20.6. The number of benzene rings is 7. The quantitative estimate of drug-likeness (QED) is 0.0864. The van der Waals surface area contributed by atoms with Crippen LogP contribution in [-0.4, -0.2) is 27.6 Å². The fourth-order valence-electron chi connectivity index (χ4n) is 10.0. The molecule has 11 rings (SSSR count). The topological polar surface area (TPSA) is 56.7 Å². The Kier molecular flexibility index (Phi) is 12.9. The van der Waals surface area contributed by atoms with Gasteiger partial charge in [-0.25, -0.2) is 4.98 Å². The first-order valence-corrected chi connectivity index (χ1v) is 27.1. The summed E-state index contributed by atoms with van der Waals surface area (Å²) in [4.78, 5) is 15.1. The zero-order chi connectivity index (χ0) is 46.6. The van der Waals surface area contributed by atoms with Crippen molar-refractivity contribution in [2.24, 2.45) is 5.92 Å². The van der Waals surface area contributed by atoms with Gasteiger partial charge in [0.2, 0.25) is 5.71 Å². The average molecular weight is 1080 g/mol. The summed E-state index contributed by atoms with van der Waals surface area (Å²) in [5, 5.41) is 8.40. The van der Waals surface area contributed by atoms with Gasteiger partial charge in [0.15, 0.2) is 0 Å². The van der Waals surface area contributed by atoms with E-state index in [0.717, 1.165) is 73.4 Å². The predicted molar refractivity (Wildman–Crippen MR) is 284 cm³/mol. The van der Waals surface area contributed by atoms with Crippen LogP contribution in [0.15, 0.2) is 156 Å². The molecule has 0 saturated heterocycles. The fourth-order valence-corrected chi connectivity index (χ4v) is 11.6. The van der Waals surface area contributed by atoms with Gasteiger partial charge in [-0.05, 0) is 100 Å². The molecule has 11 aromatic rings. The molecule has 0 aliphatic carbocycles. The Morgan fingerprint density at radius 3 is 2.00 bits per heavy atom. The minimum absolute atomic E-state index is 0. The Hall–Kier alpha value is -6.50. The molecule has 1 radical (unpaired) electrons. The Morgan fingerprint density at radius 2 is 1.31 bits per heavy atom. The summed E-state index contributed by atoms with van der Waals surface area (Å²) in [6, 6.07) is 57.7. The van der Waals surface area contributed by atoms with Crippen LogP contribution in [0.1, 0.15) is 55.9 Å². The molecular formula is C61H56IrN4OSi-2. The number of furan rings is 1. The third-order valence-corrected chi connectivity index (χ3v) is 15.0. The van der Waals surface area contributed by atoms with E-state index in [2.05, 4.69) is 210 Å². The molecule has 7 aromatic carbocycles. The number of nitrogens with zero attached hydrogens (tertiary/aromatic N) is 4. The van der Waals surface area contributed by atoms with Crippen LogP contribution >= 0.6 is 0 Å². The summed E-state index contributed by atoms with van der Waals surface area (Å²) >= 11 is 0. The molecule has 0 atom stereocenters. The molecule has 0 saturated carbocycles. The molecule has 4 heterocycles. The molecule has 341 valence electrons. The zero-order valence-corrected chi connectivity index (χ0v) is 43.7. The van der Waals surface area contributed by atoms with Crippen LogP contribution in [0.4, 0.5) is 0 Å². The van der Waals surface area contributed by atoms with Gasteiger partial charge in [-0.2, -0.15) is 0 Å². The summed E-state index contributed by atoms with van der Waals surface area (Å²) in [5.74, 6) is 1.72. The van der Waals surface area contributed by atoms with Crippen molar-refractivity contribution in [1.82, 2.24) is 19.5 Å². The van der Waals surface area contributed by atoms with Crippen molar-refractivity contribution in [3.8, 4) is 39.6 Å². The number of para-hydroxylation sites is 2. The third-order valence-electron chi connectivity index (χ3n) is 13.0. The zero-order valence-electron chi connectivity index (χ0n) is 40.3. The molecule has 0 aliphatic rings. The molecule has 7 heteroatoms. The van der Waals surface area contributed by atoms with Gasteiger partial charge in [0, 0.05) is 42.6 Å². The predicted octanol–water partition coefficient (Wildman–Crippen LogP) is 15.8. The molecule has 0 N–H and O–H groups in total. The molecular weight excluding hydrogens is 1030 g/mol. The molecule has 68 heavy (non-hydrogen) atoms. The van der Waals surface area contributed by atoms with Gasteiger partial charge in [-0.1, -0.05) is 149 Å². The van der Waals surface area contributed by atoms with Crippen LogP contribution in [0, 0.1) is 31.9 Å². The maximum atomic E-state index is 6.71. The number of aryl methyl sites for hydroxylation is 2. The Balaban J connectivity index is 0.000000232. The maximum Gasteiger partial charge on any atom is 0.216 e. The standard InChI is InChI=1S/C43H32N3O.C18H24NSi.Ir/c1-25(2)38-30-17-7-5-15-28(30)29-16-6-8-18-31(29)40(38)46-37-22-10-9-21-35(37)44-42(46)34-20-12-19-32-33-23-24-36(45-43(33)47-41(32)34)39-26(3)13-11-14-27(39)4;1-14(2)11-16-12-17(15-9-7-6-8-10-15)19-13-18(16)20(3,4)5;/h5-19,21-25H,1-4H3;6-9,12-14H,11H2,1-5H3;/q2*-1;. The molecule has 0 spiro atoms. The van der Waals surface area contributed by atoms with E-state index in [0.29, 0.717) is 11.6 Å². The van der Waals surface area contributed by atoms with Crippen molar-refractivity contribution in [3.63, 3.8) is 0 Å². The van der Waals surface area contributed by atoms with Crippen LogP contribution in [-0.2, 0) is 26.5 Å². The van der Waals surface area contributed by atoms with E-state index >= 15 is 0 Å². The van der Waals surface area contributed by atoms with E-state index < -0.39 is 8.07 Å². The minimum Gasteiger partial charge on any atom is -0.486 e. The van der Waals surface area contributed by atoms with Crippen molar-refractivity contribution < 1.29 is 24.5 Å². The van der Waals surface area contributed by atoms with Crippen LogP contribution in [0.2, 0.25) is 19.6 Å². The van der Waals surface area contributed by atoms with Crippen molar-refractivity contribution >= 4 is 67.9 Å². The minimum atomic E-state index is -1.34. The van der Waals surface area contributed by atoms with Gasteiger partial charge in [-0.3, -0.25) is 4.98 Å². The van der Waals surface area contributed by atoms with E-state index in [9.17, 15) is 0 Å². The second kappa shape index (κ2) is 18.9. The van der Waals surface area contributed by atoms with E-state index in [-0.39, 0.29) is 26.0 Å². The van der Waals surface area contributed by atoms with Crippen molar-refractivity contribution in [2.45, 2.75) is 73.5 Å². The van der Waals surface area contributed by atoms with Crippen LogP contribution in [0.25, 0.3) is 94.2 Å². The molecule has 4 aromatic heterocycles. The molecule has 0 unspecified atom stereocenters. The normalized spacial score (nSPS) is 11.8. The van der Waals surface area contributed by atoms with Gasteiger partial charge in [0.05, 0.1) is 41.9 Å². The molecule has 5 nitrogen and oxygen atoms in total. The maximum absolute atomic E-state index is 6.71. The van der Waals surface area contributed by atoms with Crippen LogP contribution < -0.4 is 5.19 Å². The monoisotopic (exact) mass is 1080 g/mol. The van der Waals surface area contributed by atoms with E-state index in [1.165, 1.54) is 49.0 Å². The third kappa shape index (κ3) is 8.53. The molecule has 0 bridgehead atoms. The summed E-state index contributed by atoms with van der Waals surface area (Å²) in [5.41, 5.74) is 14.6. The SMILES string of the molecule is CC(C)Cc1cc(-c2[c-]cccc2)ncc1[Si](C)(C)C.Cc1cccc(C)c1-c1ccc2c(n1)oc1c(-c3nc4ccccc4n3-c3c(C(C)C)c4ccccc4c4ccccc34)[c-]ccc12.[Ir]. The van der Waals surface area contributed by atoms with Gasteiger partial charge in [-0.15, -0.1) is 54.1 Å². The van der Waals surface area contributed by atoms with Crippen molar-refractivity contribution in [3.05, 3.63) is 186 Å². The van der Waals surface area contributed by atoms with Crippen LogP contribution in [0.3, 0.4) is 0 Å². The first-order chi connectivity index (χ1) is 32.4. The number of aromatic nitrogens is 4. The van der Waals surface area contributed by atoms with E-state index in [1.807, 2.05) is 24.3 Å². The molecule has 0 fully saturated rings. The number of pyridine rings is 2. The van der Waals surface area contributed by atoms with Gasteiger partial charge in [0.25, 0.3) is 0 Å². The number of fused-ring (bicyclic) bond motifs is 7. The summed E-state index contributed by atoms with van der Waals surface area (Å²) in [6.07, 6.45) is 3.24. The van der Waals surface area contributed by atoms with Crippen LogP contribution in [0.5, 0.6) is 0 Å². The summed E-state index contributed by atoms with van der Waals surface area (Å²) in [7, 11) is -1.34. The van der Waals surface area contributed by atoms with Gasteiger partial charge >= 0.3 is 0 Å². The Bertz CT molecular complexity index is 3620. The van der Waals surface area contributed by atoms with Crippen molar-refractivity contribution in [1.29, 1.82) is 0 Å². The van der Waals surface area contributed by atoms with E-state index in [4.69, 9.17) is 14.4 Å². The average Bonchev–Trinajstić information content (AvgIpc) is 3.89. The Morgan fingerprint density at radius 1 is 0.632 bits per heavy atom. The fraction of sp³-hybridized carbons (Fsp3) is 0.197. The largest absolute Gasteiger partial charge is 0.486 e. The number of rotatable bonds is 8. The molecule has 0 amide bonds. The van der Waals surface area contributed by atoms with Gasteiger partial charge < -0.3 is 14.0 Å². The van der Waals surface area contributed by atoms with Gasteiger partial charge in [0.1, 0.15) is 0 Å². The molecule has 0 aliphatic heterocycles.